The summed E-state index contributed by atoms with van der Waals surface area (Å²) in [7, 11) is 0. The van der Waals surface area contributed by atoms with Crippen molar-refractivity contribution in [2.75, 3.05) is 0 Å². The molecule has 1 nitrogen and oxygen atoms in total. The van der Waals surface area contributed by atoms with Gasteiger partial charge in [0.05, 0.1) is 0 Å². The first-order chi connectivity index (χ1) is 4.12. The van der Waals surface area contributed by atoms with Crippen molar-refractivity contribution in [2.45, 2.75) is 53.0 Å². The first-order valence-corrected chi connectivity index (χ1v) is 3.91. The Bertz CT molecular complexity index is 42.5. The van der Waals surface area contributed by atoms with Crippen LogP contribution in [0.15, 0.2) is 0 Å². The van der Waals surface area contributed by atoms with Gasteiger partial charge in [0.15, 0.2) is 0 Å². The first kappa shape index (κ1) is 11.7. The maximum Gasteiger partial charge on any atom is 0.0120 e. The molecule has 0 aliphatic carbocycles. The van der Waals surface area contributed by atoms with Gasteiger partial charge >= 0.3 is 0 Å². The Morgan fingerprint density at radius 2 is 1.33 bits per heavy atom. The maximum absolute atomic E-state index is 5.72. The molecule has 0 aromatic carbocycles. The highest BCUT2D eigenvalue weighted by atomic mass is 14.7. The molecule has 0 saturated carbocycles. The van der Waals surface area contributed by atoms with E-state index >= 15 is 0 Å². The largest absolute Gasteiger partial charge is 0.325 e. The van der Waals surface area contributed by atoms with E-state index in [9.17, 15) is 0 Å². The average Bonchev–Trinajstić information content (AvgIpc) is 1.93. The molecule has 0 aromatic rings. The average molecular weight is 131 g/mol. The standard InChI is InChI=1S/C6H15N.C2H6/c1-4-6(3,7)5-2;1-2/h4-5,7H2,1-3H3;1-2H3. The van der Waals surface area contributed by atoms with Gasteiger partial charge in [-0.1, -0.05) is 27.7 Å². The summed E-state index contributed by atoms with van der Waals surface area (Å²) in [4.78, 5) is 0. The number of nitrogens with two attached hydrogens (primary N) is 1. The van der Waals surface area contributed by atoms with Crippen LogP contribution in [0.4, 0.5) is 0 Å². The quantitative estimate of drug-likeness (QED) is 0.612. The highest BCUT2D eigenvalue weighted by Crippen LogP contribution is 2.07. The van der Waals surface area contributed by atoms with E-state index in [1.165, 1.54) is 0 Å². The van der Waals surface area contributed by atoms with Crippen LogP contribution in [0.3, 0.4) is 0 Å². The van der Waals surface area contributed by atoms with Gasteiger partial charge in [-0.3, -0.25) is 0 Å². The van der Waals surface area contributed by atoms with Crippen molar-refractivity contribution in [2.24, 2.45) is 5.73 Å². The van der Waals surface area contributed by atoms with Crippen LogP contribution in [0.5, 0.6) is 0 Å². The summed E-state index contributed by atoms with van der Waals surface area (Å²) in [6.45, 7) is 10.3. The lowest BCUT2D eigenvalue weighted by molar-refractivity contribution is 0.437. The fourth-order valence-electron chi connectivity index (χ4n) is 0.250. The van der Waals surface area contributed by atoms with E-state index in [-0.39, 0.29) is 5.54 Å². The monoisotopic (exact) mass is 131 g/mol. The number of hydrogen-bond acceptors (Lipinski definition) is 1. The number of hydrogen-bond donors (Lipinski definition) is 1. The van der Waals surface area contributed by atoms with Gasteiger partial charge in [0.25, 0.3) is 0 Å². The minimum absolute atomic E-state index is 0.0833. The van der Waals surface area contributed by atoms with Crippen LogP contribution in [0.2, 0.25) is 0 Å². The second-order valence-electron chi connectivity index (χ2n) is 2.36. The molecule has 0 bridgehead atoms. The highest BCUT2D eigenvalue weighted by Gasteiger charge is 2.10. The normalized spacial score (nSPS) is 10.0. The summed E-state index contributed by atoms with van der Waals surface area (Å²) in [5.41, 5.74) is 5.80. The minimum atomic E-state index is 0.0833. The lowest BCUT2D eigenvalue weighted by atomic mass is 9.98. The summed E-state index contributed by atoms with van der Waals surface area (Å²) >= 11 is 0. The molecule has 9 heavy (non-hydrogen) atoms. The summed E-state index contributed by atoms with van der Waals surface area (Å²) in [5.74, 6) is 0. The highest BCUT2D eigenvalue weighted by molar-refractivity contribution is 4.72. The van der Waals surface area contributed by atoms with Crippen LogP contribution in [-0.4, -0.2) is 5.54 Å². The Hall–Kier alpha value is -0.0400. The van der Waals surface area contributed by atoms with Crippen molar-refractivity contribution in [1.29, 1.82) is 0 Å². The van der Waals surface area contributed by atoms with E-state index in [2.05, 4.69) is 20.8 Å². The molecule has 0 rings (SSSR count). The van der Waals surface area contributed by atoms with Crippen LogP contribution >= 0.6 is 0 Å². The SMILES string of the molecule is CC.CCC(C)(N)CC. The van der Waals surface area contributed by atoms with Crippen LogP contribution < -0.4 is 5.73 Å². The van der Waals surface area contributed by atoms with Crippen LogP contribution in [0, 0.1) is 0 Å². The molecule has 0 aromatic heterocycles. The van der Waals surface area contributed by atoms with Crippen molar-refractivity contribution < 1.29 is 0 Å². The van der Waals surface area contributed by atoms with Crippen molar-refractivity contribution in [3.05, 3.63) is 0 Å². The third kappa shape index (κ3) is 7.96. The molecule has 1 heteroatoms. The van der Waals surface area contributed by atoms with Crippen LogP contribution in [0.25, 0.3) is 0 Å². The molecule has 58 valence electrons. The molecule has 2 N–H and O–H groups in total. The van der Waals surface area contributed by atoms with Gasteiger partial charge in [0.1, 0.15) is 0 Å². The molecule has 0 amide bonds. The van der Waals surface area contributed by atoms with Gasteiger partial charge in [-0.05, 0) is 19.8 Å². The zero-order valence-electron chi connectivity index (χ0n) is 7.49. The molecule has 0 spiro atoms. The van der Waals surface area contributed by atoms with Crippen LogP contribution in [0.1, 0.15) is 47.5 Å². The maximum atomic E-state index is 5.72. The van der Waals surface area contributed by atoms with Gasteiger partial charge in [0.2, 0.25) is 0 Å². The van der Waals surface area contributed by atoms with Gasteiger partial charge in [0, 0.05) is 5.54 Å². The van der Waals surface area contributed by atoms with E-state index < -0.39 is 0 Å². The third-order valence-corrected chi connectivity index (χ3v) is 1.62. The Morgan fingerprint density at radius 1 is 1.11 bits per heavy atom. The Kier molecular flexibility index (Phi) is 7.92. The van der Waals surface area contributed by atoms with E-state index in [1.807, 2.05) is 13.8 Å². The number of rotatable bonds is 2. The van der Waals surface area contributed by atoms with Crippen molar-refractivity contribution in [3.8, 4) is 0 Å². The van der Waals surface area contributed by atoms with E-state index in [4.69, 9.17) is 5.73 Å². The predicted octanol–water partition coefficient (Wildman–Crippen LogP) is 2.55. The summed E-state index contributed by atoms with van der Waals surface area (Å²) in [6, 6.07) is 0. The summed E-state index contributed by atoms with van der Waals surface area (Å²) in [5, 5.41) is 0. The fourth-order valence-corrected chi connectivity index (χ4v) is 0.250. The molecule has 0 saturated heterocycles. The van der Waals surface area contributed by atoms with E-state index in [1.54, 1.807) is 0 Å². The van der Waals surface area contributed by atoms with Crippen molar-refractivity contribution >= 4 is 0 Å². The second-order valence-corrected chi connectivity index (χ2v) is 2.36. The minimum Gasteiger partial charge on any atom is -0.325 e. The van der Waals surface area contributed by atoms with Crippen molar-refractivity contribution in [1.82, 2.24) is 0 Å². The molecule has 0 fully saturated rings. The zero-order valence-corrected chi connectivity index (χ0v) is 7.49. The summed E-state index contributed by atoms with van der Waals surface area (Å²) in [6.07, 6.45) is 2.15. The van der Waals surface area contributed by atoms with E-state index in [0.29, 0.717) is 0 Å². The lowest BCUT2D eigenvalue weighted by Crippen LogP contribution is -2.33. The molecule has 0 unspecified atom stereocenters. The van der Waals surface area contributed by atoms with Gasteiger partial charge < -0.3 is 5.73 Å². The molecular formula is C8H21N. The second kappa shape index (κ2) is 6.09. The topological polar surface area (TPSA) is 26.0 Å². The Labute approximate surface area is 59.6 Å². The molecule has 0 aliphatic rings. The predicted molar refractivity (Wildman–Crippen MR) is 44.5 cm³/mol. The molecular weight excluding hydrogens is 110 g/mol. The first-order valence-electron chi connectivity index (χ1n) is 3.91. The fraction of sp³-hybridized carbons (Fsp3) is 1.00. The third-order valence-electron chi connectivity index (χ3n) is 1.62. The van der Waals surface area contributed by atoms with Gasteiger partial charge in [-0.15, -0.1) is 0 Å². The van der Waals surface area contributed by atoms with Crippen LogP contribution in [-0.2, 0) is 0 Å². The van der Waals surface area contributed by atoms with E-state index in [0.717, 1.165) is 12.8 Å². The zero-order chi connectivity index (χ0) is 7.91. The molecule has 0 atom stereocenters. The summed E-state index contributed by atoms with van der Waals surface area (Å²) < 4.78 is 0. The van der Waals surface area contributed by atoms with Crippen molar-refractivity contribution in [3.63, 3.8) is 0 Å². The Balaban J connectivity index is 0. The lowest BCUT2D eigenvalue weighted by Gasteiger charge is -2.18. The van der Waals surface area contributed by atoms with Gasteiger partial charge in [-0.2, -0.15) is 0 Å². The Morgan fingerprint density at radius 3 is 1.33 bits per heavy atom. The molecule has 0 aliphatic heterocycles. The molecule has 0 heterocycles. The smallest absolute Gasteiger partial charge is 0.0120 e. The van der Waals surface area contributed by atoms with Gasteiger partial charge in [-0.25, -0.2) is 0 Å². The molecule has 0 radical (unpaired) electrons.